The molecule has 4 rings (SSSR count). The number of aromatic amines is 1. The van der Waals surface area contributed by atoms with Crippen molar-refractivity contribution in [3.8, 4) is 0 Å². The van der Waals surface area contributed by atoms with Gasteiger partial charge in [-0.1, -0.05) is 18.2 Å². The fourth-order valence-corrected chi connectivity index (χ4v) is 4.28. The highest BCUT2D eigenvalue weighted by Gasteiger charge is 2.23. The van der Waals surface area contributed by atoms with Gasteiger partial charge in [0.1, 0.15) is 5.82 Å². The van der Waals surface area contributed by atoms with Crippen LogP contribution in [0, 0.1) is 10.6 Å². The fraction of sp³-hybridized carbons (Fsp3) is 0.292. The first-order chi connectivity index (χ1) is 16.0. The number of rotatable bonds is 7. The van der Waals surface area contributed by atoms with Crippen LogP contribution in [-0.4, -0.2) is 53.2 Å². The summed E-state index contributed by atoms with van der Waals surface area (Å²) in [6.07, 6.45) is 1.60. The van der Waals surface area contributed by atoms with Gasteiger partial charge in [0.25, 0.3) is 11.5 Å². The monoisotopic (exact) mass is 468 g/mol. The molecule has 1 fully saturated rings. The summed E-state index contributed by atoms with van der Waals surface area (Å²) >= 11 is 5.28. The number of aromatic nitrogens is 2. The fourth-order valence-electron chi connectivity index (χ4n) is 4.01. The highest BCUT2D eigenvalue weighted by Crippen LogP contribution is 2.22. The van der Waals surface area contributed by atoms with Gasteiger partial charge in [0, 0.05) is 31.7 Å². The van der Waals surface area contributed by atoms with Gasteiger partial charge in [-0.05, 0) is 48.1 Å². The Labute approximate surface area is 195 Å². The van der Waals surface area contributed by atoms with E-state index < -0.39 is 0 Å². The number of carbonyl (C=O) groups is 1. The van der Waals surface area contributed by atoms with E-state index >= 15 is 0 Å². The minimum absolute atomic E-state index is 0.115. The number of hydrogen-bond donors (Lipinski definition) is 2. The molecule has 1 unspecified atom stereocenters. The smallest absolute Gasteiger partial charge is 0.262 e. The van der Waals surface area contributed by atoms with Crippen molar-refractivity contribution >= 4 is 29.0 Å². The van der Waals surface area contributed by atoms with Gasteiger partial charge >= 0.3 is 0 Å². The number of nitrogens with one attached hydrogen (secondary N) is 2. The number of fused-ring (bicyclic) bond motifs is 1. The first-order valence-corrected chi connectivity index (χ1v) is 11.1. The Bertz CT molecular complexity index is 1280. The molecule has 2 heterocycles. The van der Waals surface area contributed by atoms with Gasteiger partial charge in [-0.3, -0.25) is 19.1 Å². The van der Waals surface area contributed by atoms with Crippen LogP contribution < -0.4 is 10.9 Å². The Kier molecular flexibility index (Phi) is 7.12. The van der Waals surface area contributed by atoms with Gasteiger partial charge in [0.2, 0.25) is 0 Å². The average Bonchev–Trinajstić information content (AvgIpc) is 2.83. The zero-order valence-electron chi connectivity index (χ0n) is 18.1. The summed E-state index contributed by atoms with van der Waals surface area (Å²) in [6, 6.07) is 11.1. The van der Waals surface area contributed by atoms with Crippen molar-refractivity contribution in [2.45, 2.75) is 12.6 Å². The summed E-state index contributed by atoms with van der Waals surface area (Å²) in [6.45, 7) is 6.97. The number of amides is 1. The molecular weight excluding hydrogens is 443 g/mol. The maximum absolute atomic E-state index is 13.4. The standard InChI is InChI=1S/C24H25FN4O3S/c1-2-9-29-23(31)19-8-5-17(14-20(19)27-24(29)33)22(30)26-15-21(28-10-12-32-13-11-28)16-3-6-18(25)7-4-16/h2-8,14,21H,1,9-13,15H2,(H,26,30)(H,27,33). The molecule has 0 spiro atoms. The lowest BCUT2D eigenvalue weighted by Crippen LogP contribution is -2.43. The van der Waals surface area contributed by atoms with Crippen LogP contribution in [0.4, 0.5) is 4.39 Å². The molecule has 1 aromatic heterocycles. The number of H-pyrrole nitrogens is 1. The zero-order valence-corrected chi connectivity index (χ0v) is 18.9. The van der Waals surface area contributed by atoms with Crippen molar-refractivity contribution in [3.63, 3.8) is 0 Å². The van der Waals surface area contributed by atoms with E-state index in [1.165, 1.54) is 16.7 Å². The molecule has 0 saturated carbocycles. The second-order valence-corrected chi connectivity index (χ2v) is 8.21. The van der Waals surface area contributed by atoms with E-state index in [0.29, 0.717) is 42.8 Å². The van der Waals surface area contributed by atoms with Crippen LogP contribution in [0.5, 0.6) is 0 Å². The SMILES string of the molecule is C=CCn1c(=S)[nH]c2cc(C(=O)NCC(c3ccc(F)cc3)N3CCOCC3)ccc2c1=O. The van der Waals surface area contributed by atoms with Gasteiger partial charge in [-0.15, -0.1) is 6.58 Å². The number of carbonyl (C=O) groups excluding carboxylic acids is 1. The number of nitrogens with zero attached hydrogens (tertiary/aromatic N) is 2. The van der Waals surface area contributed by atoms with E-state index in [0.717, 1.165) is 18.7 Å². The lowest BCUT2D eigenvalue weighted by Gasteiger charge is -2.35. The molecule has 9 heteroatoms. The lowest BCUT2D eigenvalue weighted by molar-refractivity contribution is 0.0162. The highest BCUT2D eigenvalue weighted by atomic mass is 32.1. The second-order valence-electron chi connectivity index (χ2n) is 7.82. The molecular formula is C24H25FN4O3S. The van der Waals surface area contributed by atoms with Gasteiger partial charge in [-0.2, -0.15) is 0 Å². The van der Waals surface area contributed by atoms with E-state index in [-0.39, 0.29) is 28.1 Å². The van der Waals surface area contributed by atoms with E-state index in [1.807, 2.05) is 0 Å². The molecule has 33 heavy (non-hydrogen) atoms. The molecule has 7 nitrogen and oxygen atoms in total. The summed E-state index contributed by atoms with van der Waals surface area (Å²) in [7, 11) is 0. The molecule has 172 valence electrons. The summed E-state index contributed by atoms with van der Waals surface area (Å²) < 4.78 is 20.6. The van der Waals surface area contributed by atoms with Gasteiger partial charge in [-0.25, -0.2) is 4.39 Å². The Morgan fingerprint density at radius 1 is 1.24 bits per heavy atom. The van der Waals surface area contributed by atoms with Crippen molar-refractivity contribution < 1.29 is 13.9 Å². The van der Waals surface area contributed by atoms with E-state index in [4.69, 9.17) is 17.0 Å². The highest BCUT2D eigenvalue weighted by molar-refractivity contribution is 7.71. The first kappa shape index (κ1) is 23.0. The molecule has 2 aromatic carbocycles. The van der Waals surface area contributed by atoms with Gasteiger partial charge < -0.3 is 15.0 Å². The molecule has 1 saturated heterocycles. The van der Waals surface area contributed by atoms with Gasteiger partial charge in [0.05, 0.1) is 30.2 Å². The summed E-state index contributed by atoms with van der Waals surface area (Å²) in [5, 5.41) is 3.43. The Balaban J connectivity index is 1.56. The lowest BCUT2D eigenvalue weighted by atomic mass is 10.0. The predicted molar refractivity (Wildman–Crippen MR) is 127 cm³/mol. The van der Waals surface area contributed by atoms with E-state index in [2.05, 4.69) is 21.8 Å². The predicted octanol–water partition coefficient (Wildman–Crippen LogP) is 3.19. The summed E-state index contributed by atoms with van der Waals surface area (Å²) in [5.74, 6) is -0.573. The van der Waals surface area contributed by atoms with Crippen LogP contribution in [0.1, 0.15) is 22.0 Å². The van der Waals surface area contributed by atoms with Crippen LogP contribution in [-0.2, 0) is 11.3 Å². The quantitative estimate of drug-likeness (QED) is 0.411. The van der Waals surface area contributed by atoms with Crippen LogP contribution in [0.15, 0.2) is 59.9 Å². The van der Waals surface area contributed by atoms with Crippen molar-refractivity contribution in [1.82, 2.24) is 19.8 Å². The molecule has 1 atom stereocenters. The van der Waals surface area contributed by atoms with Crippen molar-refractivity contribution in [1.29, 1.82) is 0 Å². The third-order valence-corrected chi connectivity index (χ3v) is 6.08. The van der Waals surface area contributed by atoms with Crippen molar-refractivity contribution in [2.24, 2.45) is 0 Å². The number of ether oxygens (including phenoxy) is 1. The minimum atomic E-state index is -0.302. The maximum Gasteiger partial charge on any atom is 0.262 e. The Hall–Kier alpha value is -3.14. The van der Waals surface area contributed by atoms with Crippen molar-refractivity contribution in [3.05, 3.63) is 87.2 Å². The molecule has 1 aliphatic heterocycles. The van der Waals surface area contributed by atoms with Crippen molar-refractivity contribution in [2.75, 3.05) is 32.8 Å². The maximum atomic E-state index is 13.4. The van der Waals surface area contributed by atoms with Crippen LogP contribution in [0.25, 0.3) is 10.9 Å². The van der Waals surface area contributed by atoms with Crippen LogP contribution in [0.3, 0.4) is 0 Å². The zero-order chi connectivity index (χ0) is 23.4. The largest absolute Gasteiger partial charge is 0.379 e. The number of hydrogen-bond acceptors (Lipinski definition) is 5. The topological polar surface area (TPSA) is 79.4 Å². The third-order valence-electron chi connectivity index (χ3n) is 5.75. The molecule has 3 aromatic rings. The number of benzene rings is 2. The number of halogens is 1. The summed E-state index contributed by atoms with van der Waals surface area (Å²) in [4.78, 5) is 30.9. The third kappa shape index (κ3) is 5.11. The van der Waals surface area contributed by atoms with E-state index in [9.17, 15) is 14.0 Å². The molecule has 0 radical (unpaired) electrons. The number of morpholine rings is 1. The summed E-state index contributed by atoms with van der Waals surface area (Å²) in [5.41, 5.74) is 1.60. The molecule has 0 aliphatic carbocycles. The van der Waals surface area contributed by atoms with Crippen LogP contribution in [0.2, 0.25) is 0 Å². The average molecular weight is 469 g/mol. The molecule has 2 N–H and O–H groups in total. The normalized spacial score (nSPS) is 15.3. The molecule has 1 aliphatic rings. The van der Waals surface area contributed by atoms with Gasteiger partial charge in [0.15, 0.2) is 4.77 Å². The Morgan fingerprint density at radius 3 is 2.67 bits per heavy atom. The minimum Gasteiger partial charge on any atom is -0.379 e. The first-order valence-electron chi connectivity index (χ1n) is 10.7. The molecule has 0 bridgehead atoms. The molecule has 1 amide bonds. The van der Waals surface area contributed by atoms with E-state index in [1.54, 1.807) is 36.4 Å². The Morgan fingerprint density at radius 2 is 1.97 bits per heavy atom. The van der Waals surface area contributed by atoms with Crippen LogP contribution >= 0.6 is 12.2 Å². The second kappa shape index (κ2) is 10.2. The number of allylic oxidation sites excluding steroid dienone is 1.